The summed E-state index contributed by atoms with van der Waals surface area (Å²) in [5.41, 5.74) is 9.82. The van der Waals surface area contributed by atoms with E-state index in [1.807, 2.05) is 18.7 Å². The van der Waals surface area contributed by atoms with Crippen molar-refractivity contribution in [2.24, 2.45) is 5.73 Å². The summed E-state index contributed by atoms with van der Waals surface area (Å²) in [6, 6.07) is 11.1. The largest absolute Gasteiger partial charge is 0.323 e. The second-order valence-corrected chi connectivity index (χ2v) is 6.70. The molecule has 1 aromatic carbocycles. The normalized spacial score (nSPS) is 22.1. The molecule has 106 valence electrons. The molecule has 2 aromatic rings. The van der Waals surface area contributed by atoms with Crippen molar-refractivity contribution in [3.8, 4) is 0 Å². The van der Waals surface area contributed by atoms with Crippen LogP contribution in [0.3, 0.4) is 0 Å². The zero-order valence-corrected chi connectivity index (χ0v) is 12.9. The van der Waals surface area contributed by atoms with Crippen LogP contribution in [0.15, 0.2) is 30.3 Å². The maximum Gasteiger partial charge on any atom is 0.0705 e. The highest BCUT2D eigenvalue weighted by Gasteiger charge is 2.26. The zero-order chi connectivity index (χ0) is 14.1. The van der Waals surface area contributed by atoms with Gasteiger partial charge in [-0.25, -0.2) is 0 Å². The van der Waals surface area contributed by atoms with Crippen molar-refractivity contribution in [3.05, 3.63) is 41.6 Å². The Balaban J connectivity index is 1.91. The number of nitrogens with zero attached hydrogens (tertiary/aromatic N) is 2. The van der Waals surface area contributed by atoms with Gasteiger partial charge < -0.3 is 5.73 Å². The first-order valence-corrected chi connectivity index (χ1v) is 8.21. The number of hydrogen-bond acceptors (Lipinski definition) is 4. The Morgan fingerprint density at radius 3 is 3.00 bits per heavy atom. The third-order valence-electron chi connectivity index (χ3n) is 4.10. The van der Waals surface area contributed by atoms with Crippen LogP contribution in [0.5, 0.6) is 0 Å². The van der Waals surface area contributed by atoms with Gasteiger partial charge in [0.15, 0.2) is 0 Å². The van der Waals surface area contributed by atoms with Crippen LogP contribution in [-0.4, -0.2) is 41.0 Å². The summed E-state index contributed by atoms with van der Waals surface area (Å²) in [6.45, 7) is 3.14. The summed E-state index contributed by atoms with van der Waals surface area (Å²) < 4.78 is 0. The minimum atomic E-state index is 0.0681. The van der Waals surface area contributed by atoms with Crippen LogP contribution in [0.4, 0.5) is 0 Å². The molecule has 2 heterocycles. The molecule has 0 bridgehead atoms. The monoisotopic (exact) mass is 287 g/mol. The van der Waals surface area contributed by atoms with Gasteiger partial charge in [0.1, 0.15) is 0 Å². The maximum absolute atomic E-state index is 6.51. The van der Waals surface area contributed by atoms with Gasteiger partial charge in [-0.3, -0.25) is 9.88 Å². The lowest BCUT2D eigenvalue weighted by molar-refractivity contribution is 0.237. The molecule has 0 spiro atoms. The number of hydrogen-bond donors (Lipinski definition) is 1. The first-order chi connectivity index (χ1) is 9.65. The number of aryl methyl sites for hydroxylation is 1. The lowest BCUT2D eigenvalue weighted by Gasteiger charge is -2.36. The van der Waals surface area contributed by atoms with Crippen molar-refractivity contribution in [2.45, 2.75) is 19.0 Å². The van der Waals surface area contributed by atoms with Gasteiger partial charge in [-0.05, 0) is 37.7 Å². The molecule has 1 fully saturated rings. The first-order valence-electron chi connectivity index (χ1n) is 7.06. The quantitative estimate of drug-likeness (QED) is 0.922. The molecule has 2 N–H and O–H groups in total. The average molecular weight is 287 g/mol. The van der Waals surface area contributed by atoms with Crippen molar-refractivity contribution in [1.29, 1.82) is 0 Å². The van der Waals surface area contributed by atoms with E-state index in [4.69, 9.17) is 5.73 Å². The molecule has 2 unspecified atom stereocenters. The van der Waals surface area contributed by atoms with Crippen LogP contribution in [-0.2, 0) is 0 Å². The lowest BCUT2D eigenvalue weighted by atomic mass is 9.98. The van der Waals surface area contributed by atoms with E-state index in [0.29, 0.717) is 6.04 Å². The Morgan fingerprint density at radius 1 is 1.35 bits per heavy atom. The number of fused-ring (bicyclic) bond motifs is 1. The number of rotatable bonds is 2. The van der Waals surface area contributed by atoms with Crippen LogP contribution in [0.2, 0.25) is 0 Å². The molecule has 3 nitrogen and oxygen atoms in total. The number of likely N-dealkylation sites (N-methyl/N-ethyl adjacent to an activating group) is 1. The molecule has 1 saturated heterocycles. The fourth-order valence-corrected chi connectivity index (χ4v) is 4.05. The van der Waals surface area contributed by atoms with E-state index >= 15 is 0 Å². The average Bonchev–Trinajstić information content (AvgIpc) is 2.46. The van der Waals surface area contributed by atoms with Crippen LogP contribution < -0.4 is 5.73 Å². The van der Waals surface area contributed by atoms with Crippen molar-refractivity contribution >= 4 is 22.7 Å². The van der Waals surface area contributed by atoms with E-state index in [-0.39, 0.29) is 6.04 Å². The summed E-state index contributed by atoms with van der Waals surface area (Å²) in [4.78, 5) is 6.94. The summed E-state index contributed by atoms with van der Waals surface area (Å²) >= 11 is 2.00. The van der Waals surface area contributed by atoms with Gasteiger partial charge in [0.2, 0.25) is 0 Å². The van der Waals surface area contributed by atoms with Crippen LogP contribution in [0, 0.1) is 6.92 Å². The van der Waals surface area contributed by atoms with E-state index in [2.05, 4.69) is 47.3 Å². The van der Waals surface area contributed by atoms with E-state index in [1.54, 1.807) is 0 Å². The minimum absolute atomic E-state index is 0.0681. The predicted molar refractivity (Wildman–Crippen MR) is 87.2 cm³/mol. The third kappa shape index (κ3) is 2.68. The molecular formula is C16H21N3S. The molecule has 0 saturated carbocycles. The van der Waals surface area contributed by atoms with Crippen molar-refractivity contribution in [1.82, 2.24) is 9.88 Å². The van der Waals surface area contributed by atoms with E-state index in [1.165, 1.54) is 16.7 Å². The predicted octanol–water partition coefficient (Wildman–Crippen LogP) is 2.59. The molecule has 3 rings (SSSR count). The van der Waals surface area contributed by atoms with Gasteiger partial charge >= 0.3 is 0 Å². The van der Waals surface area contributed by atoms with Crippen molar-refractivity contribution in [3.63, 3.8) is 0 Å². The number of nitrogens with two attached hydrogens (primary N) is 1. The molecule has 2 atom stereocenters. The van der Waals surface area contributed by atoms with Crippen molar-refractivity contribution in [2.75, 3.05) is 25.1 Å². The summed E-state index contributed by atoms with van der Waals surface area (Å²) in [5.74, 6) is 2.32. The van der Waals surface area contributed by atoms with E-state index in [0.717, 1.165) is 23.5 Å². The maximum atomic E-state index is 6.51. The molecule has 0 aliphatic carbocycles. The molecule has 1 aliphatic rings. The highest BCUT2D eigenvalue weighted by Crippen LogP contribution is 2.26. The molecule has 20 heavy (non-hydrogen) atoms. The topological polar surface area (TPSA) is 42.1 Å². The Bertz CT molecular complexity index is 614. The fourth-order valence-electron chi connectivity index (χ4n) is 2.76. The van der Waals surface area contributed by atoms with Crippen LogP contribution in [0.1, 0.15) is 17.3 Å². The van der Waals surface area contributed by atoms with E-state index in [9.17, 15) is 0 Å². The first kappa shape index (κ1) is 13.9. The summed E-state index contributed by atoms with van der Waals surface area (Å²) in [7, 11) is 2.18. The van der Waals surface area contributed by atoms with E-state index < -0.39 is 0 Å². The lowest BCUT2D eigenvalue weighted by Crippen LogP contribution is -2.46. The smallest absolute Gasteiger partial charge is 0.0705 e. The standard InChI is InChI=1S/C16H21N3S/c1-11-3-4-12-9-13(5-6-14(12)18-11)16(17)15-10-20-8-7-19(15)2/h3-6,9,15-16H,7-8,10,17H2,1-2H3. The third-order valence-corrected chi connectivity index (χ3v) is 5.14. The Labute approximate surface area is 124 Å². The molecule has 4 heteroatoms. The van der Waals surface area contributed by atoms with Gasteiger partial charge in [0.05, 0.1) is 5.52 Å². The summed E-state index contributed by atoms with van der Waals surface area (Å²) in [5, 5.41) is 1.18. The number of benzene rings is 1. The Hall–Kier alpha value is -1.10. The second kappa shape index (κ2) is 5.72. The molecule has 0 radical (unpaired) electrons. The van der Waals surface area contributed by atoms with Gasteiger partial charge in [-0.15, -0.1) is 0 Å². The van der Waals surface area contributed by atoms with Gasteiger partial charge in [0, 0.05) is 41.2 Å². The number of aromatic nitrogens is 1. The minimum Gasteiger partial charge on any atom is -0.323 e. The summed E-state index contributed by atoms with van der Waals surface area (Å²) in [6.07, 6.45) is 0. The molecule has 0 amide bonds. The number of pyridine rings is 1. The van der Waals surface area contributed by atoms with Crippen LogP contribution >= 0.6 is 11.8 Å². The number of thioether (sulfide) groups is 1. The highest BCUT2D eigenvalue weighted by molar-refractivity contribution is 7.99. The highest BCUT2D eigenvalue weighted by atomic mass is 32.2. The van der Waals surface area contributed by atoms with Gasteiger partial charge in [-0.2, -0.15) is 11.8 Å². The molecule has 1 aromatic heterocycles. The molecular weight excluding hydrogens is 266 g/mol. The van der Waals surface area contributed by atoms with Gasteiger partial charge in [0.25, 0.3) is 0 Å². The zero-order valence-electron chi connectivity index (χ0n) is 12.0. The fraction of sp³-hybridized carbons (Fsp3) is 0.438. The Morgan fingerprint density at radius 2 is 2.20 bits per heavy atom. The van der Waals surface area contributed by atoms with Crippen molar-refractivity contribution < 1.29 is 0 Å². The molecule has 1 aliphatic heterocycles. The van der Waals surface area contributed by atoms with Gasteiger partial charge in [-0.1, -0.05) is 12.1 Å². The second-order valence-electron chi connectivity index (χ2n) is 5.55. The Kier molecular flexibility index (Phi) is 3.96. The van der Waals surface area contributed by atoms with Crippen LogP contribution in [0.25, 0.3) is 10.9 Å². The SMILES string of the molecule is Cc1ccc2cc(C(N)C3CSCCN3C)ccc2n1.